The van der Waals surface area contributed by atoms with Gasteiger partial charge in [0.15, 0.2) is 0 Å². The minimum Gasteiger partial charge on any atom is -0.491 e. The van der Waals surface area contributed by atoms with Gasteiger partial charge in [-0.25, -0.2) is 0 Å². The molecule has 11 heteroatoms. The summed E-state index contributed by atoms with van der Waals surface area (Å²) in [6, 6.07) is 12.3. The molecule has 0 unspecified atom stereocenters. The molecule has 0 bridgehead atoms. The molecule has 1 saturated heterocycles. The second-order valence-electron chi connectivity index (χ2n) is 10.4. The number of nitrogens with zero attached hydrogens (tertiary/aromatic N) is 2. The Balaban J connectivity index is 1.49. The summed E-state index contributed by atoms with van der Waals surface area (Å²) in [4.78, 5) is 57.1. The van der Waals surface area contributed by atoms with Crippen LogP contribution in [0.25, 0.3) is 0 Å². The largest absolute Gasteiger partial charge is 0.491 e. The van der Waals surface area contributed by atoms with Crippen LogP contribution in [0, 0.1) is 0 Å². The number of fused-ring (bicyclic) bond motifs is 2. The van der Waals surface area contributed by atoms with Gasteiger partial charge in [0.1, 0.15) is 24.4 Å². The Bertz CT molecular complexity index is 1260. The van der Waals surface area contributed by atoms with Gasteiger partial charge >= 0.3 is 0 Å². The third-order valence-electron chi connectivity index (χ3n) is 7.46. The number of para-hydroxylation sites is 1. The highest BCUT2D eigenvalue weighted by Gasteiger charge is 2.38. The molecule has 2 aliphatic rings. The molecule has 0 saturated carbocycles. The topological polar surface area (TPSA) is 117 Å². The molecule has 10 nitrogen and oxygen atoms in total. The number of carbonyl (C=O) groups excluding carboxylic acids is 4. The van der Waals surface area contributed by atoms with Crippen molar-refractivity contribution in [1.29, 1.82) is 0 Å². The van der Waals surface area contributed by atoms with E-state index in [9.17, 15) is 19.2 Å². The number of unbranched alkanes of at least 4 members (excludes halogenated alkanes) is 1. The summed E-state index contributed by atoms with van der Waals surface area (Å²) in [5.74, 6) is -1.16. The van der Waals surface area contributed by atoms with Gasteiger partial charge < -0.3 is 29.9 Å². The van der Waals surface area contributed by atoms with Gasteiger partial charge in [-0.1, -0.05) is 55.3 Å². The first-order chi connectivity index (χ1) is 20.4. The maximum atomic E-state index is 13.6. The number of halogens is 1. The molecule has 2 aliphatic heterocycles. The highest BCUT2D eigenvalue weighted by atomic mass is 35.5. The Hall–Kier alpha value is -3.63. The Morgan fingerprint density at radius 1 is 1.12 bits per heavy atom. The smallest absolute Gasteiger partial charge is 0.255 e. The molecule has 42 heavy (non-hydrogen) atoms. The first-order valence-electron chi connectivity index (χ1n) is 14.6. The maximum absolute atomic E-state index is 13.6. The van der Waals surface area contributed by atoms with Crippen LogP contribution in [0.2, 0.25) is 5.02 Å². The van der Waals surface area contributed by atoms with Crippen molar-refractivity contribution in [3.63, 3.8) is 0 Å². The van der Waals surface area contributed by atoms with E-state index in [0.29, 0.717) is 43.2 Å². The number of rotatable bonds is 9. The van der Waals surface area contributed by atoms with Crippen molar-refractivity contribution in [3.05, 3.63) is 64.7 Å². The van der Waals surface area contributed by atoms with Gasteiger partial charge in [0.2, 0.25) is 17.7 Å². The van der Waals surface area contributed by atoms with Gasteiger partial charge in [0, 0.05) is 24.7 Å². The lowest BCUT2D eigenvalue weighted by molar-refractivity contribution is -0.144. The molecule has 2 atom stereocenters. The molecular weight excluding hydrogens is 560 g/mol. The standard InChI is InChI=1S/C31H39ClN4O6/c1-2-3-15-35-17-19-42-27-13-7-5-10-23(27)29(38)34-25(20-28(37)36-16-8-12-26(36)31(35)40)30(39)33-14-18-41-21-22-9-4-6-11-24(22)32/h4-7,9-11,13,25-26H,2-3,8,12,14-21H2,1H3,(H,33,39)(H,34,38)/t25-,26-/m1/s1. The summed E-state index contributed by atoms with van der Waals surface area (Å²) in [6.07, 6.45) is 2.72. The summed E-state index contributed by atoms with van der Waals surface area (Å²) < 4.78 is 11.6. The number of ether oxygens (including phenoxy) is 2. The molecule has 226 valence electrons. The van der Waals surface area contributed by atoms with Crippen molar-refractivity contribution in [1.82, 2.24) is 20.4 Å². The molecular formula is C31H39ClN4O6. The normalized spacial score (nSPS) is 19.8. The molecule has 0 radical (unpaired) electrons. The van der Waals surface area contributed by atoms with E-state index in [2.05, 4.69) is 17.6 Å². The van der Waals surface area contributed by atoms with Crippen LogP contribution in [0.5, 0.6) is 5.75 Å². The van der Waals surface area contributed by atoms with Crippen LogP contribution in [-0.2, 0) is 25.7 Å². The van der Waals surface area contributed by atoms with E-state index in [0.717, 1.165) is 18.4 Å². The van der Waals surface area contributed by atoms with Crippen LogP contribution in [-0.4, -0.2) is 84.9 Å². The predicted molar refractivity (Wildman–Crippen MR) is 158 cm³/mol. The highest BCUT2D eigenvalue weighted by Crippen LogP contribution is 2.23. The summed E-state index contributed by atoms with van der Waals surface area (Å²) in [5.41, 5.74) is 1.08. The van der Waals surface area contributed by atoms with Gasteiger partial charge in [-0.05, 0) is 43.0 Å². The van der Waals surface area contributed by atoms with E-state index in [1.165, 1.54) is 0 Å². The second kappa shape index (κ2) is 15.6. The van der Waals surface area contributed by atoms with Gasteiger partial charge in [-0.15, -0.1) is 0 Å². The molecule has 1 fully saturated rings. The third-order valence-corrected chi connectivity index (χ3v) is 7.83. The lowest BCUT2D eigenvalue weighted by Gasteiger charge is -2.31. The lowest BCUT2D eigenvalue weighted by atomic mass is 10.1. The van der Waals surface area contributed by atoms with Gasteiger partial charge in [0.05, 0.1) is 31.7 Å². The van der Waals surface area contributed by atoms with Crippen LogP contribution < -0.4 is 15.4 Å². The van der Waals surface area contributed by atoms with E-state index in [4.69, 9.17) is 21.1 Å². The number of benzene rings is 2. The Labute approximate surface area is 251 Å². The van der Waals surface area contributed by atoms with Crippen LogP contribution in [0.4, 0.5) is 0 Å². The SMILES string of the molecule is CCCCN1CCOc2ccccc2C(=O)N[C@@H](C(=O)NCCOCc2ccccc2Cl)CC(=O)N2CCC[C@@H]2C1=O. The fraction of sp³-hybridized carbons (Fsp3) is 0.484. The van der Waals surface area contributed by atoms with E-state index < -0.39 is 23.9 Å². The Morgan fingerprint density at radius 3 is 2.71 bits per heavy atom. The first kappa shape index (κ1) is 31.3. The van der Waals surface area contributed by atoms with Crippen molar-refractivity contribution in [3.8, 4) is 5.75 Å². The maximum Gasteiger partial charge on any atom is 0.255 e. The predicted octanol–water partition coefficient (Wildman–Crippen LogP) is 3.17. The minimum absolute atomic E-state index is 0.107. The first-order valence-corrected chi connectivity index (χ1v) is 15.0. The zero-order valence-electron chi connectivity index (χ0n) is 24.0. The fourth-order valence-electron chi connectivity index (χ4n) is 5.16. The summed E-state index contributed by atoms with van der Waals surface area (Å²) in [5, 5.41) is 6.09. The highest BCUT2D eigenvalue weighted by molar-refractivity contribution is 6.31. The zero-order chi connectivity index (χ0) is 29.9. The van der Waals surface area contributed by atoms with E-state index >= 15 is 0 Å². The van der Waals surface area contributed by atoms with Crippen LogP contribution in [0.15, 0.2) is 48.5 Å². The lowest BCUT2D eigenvalue weighted by Crippen LogP contribution is -2.53. The van der Waals surface area contributed by atoms with Crippen LogP contribution in [0.3, 0.4) is 0 Å². The Kier molecular flexibility index (Phi) is 11.6. The molecule has 4 rings (SSSR count). The molecule has 0 spiro atoms. The van der Waals surface area contributed by atoms with Gasteiger partial charge in [0.25, 0.3) is 5.91 Å². The zero-order valence-corrected chi connectivity index (χ0v) is 24.7. The molecule has 2 aromatic rings. The van der Waals surface area contributed by atoms with Crippen LogP contribution in [0.1, 0.15) is 54.9 Å². The van der Waals surface area contributed by atoms with E-state index in [1.54, 1.807) is 40.1 Å². The van der Waals surface area contributed by atoms with E-state index in [1.807, 2.05) is 18.2 Å². The Morgan fingerprint density at radius 2 is 1.90 bits per heavy atom. The fourth-order valence-corrected chi connectivity index (χ4v) is 5.35. The van der Waals surface area contributed by atoms with E-state index in [-0.39, 0.29) is 50.2 Å². The number of nitrogens with one attached hydrogen (secondary N) is 2. The number of amides is 4. The molecule has 2 heterocycles. The van der Waals surface area contributed by atoms with Crippen molar-refractivity contribution >= 4 is 35.2 Å². The van der Waals surface area contributed by atoms with Crippen molar-refractivity contribution in [2.75, 3.05) is 39.4 Å². The summed E-state index contributed by atoms with van der Waals surface area (Å²) in [6.45, 7) is 4.23. The summed E-state index contributed by atoms with van der Waals surface area (Å²) in [7, 11) is 0. The molecule has 0 aliphatic carbocycles. The number of carbonyl (C=O) groups is 4. The van der Waals surface area contributed by atoms with Crippen LogP contribution >= 0.6 is 11.6 Å². The molecule has 0 aromatic heterocycles. The van der Waals surface area contributed by atoms with Gasteiger partial charge in [-0.2, -0.15) is 0 Å². The van der Waals surface area contributed by atoms with Gasteiger partial charge in [-0.3, -0.25) is 19.2 Å². The number of hydrogen-bond donors (Lipinski definition) is 2. The average molecular weight is 599 g/mol. The minimum atomic E-state index is -1.16. The average Bonchev–Trinajstić information content (AvgIpc) is 3.49. The third kappa shape index (κ3) is 8.23. The second-order valence-corrected chi connectivity index (χ2v) is 10.8. The molecule has 4 amide bonds. The number of hydrogen-bond acceptors (Lipinski definition) is 6. The monoisotopic (exact) mass is 598 g/mol. The molecule has 2 aromatic carbocycles. The van der Waals surface area contributed by atoms with Crippen molar-refractivity contribution in [2.24, 2.45) is 0 Å². The molecule has 2 N–H and O–H groups in total. The van der Waals surface area contributed by atoms with Crippen molar-refractivity contribution in [2.45, 2.75) is 57.7 Å². The quantitative estimate of drug-likeness (QED) is 0.428. The summed E-state index contributed by atoms with van der Waals surface area (Å²) >= 11 is 6.17. The van der Waals surface area contributed by atoms with Crippen molar-refractivity contribution < 1.29 is 28.7 Å².